The fourth-order valence-electron chi connectivity index (χ4n) is 2.13. The lowest BCUT2D eigenvalue weighted by atomic mass is 10.3. The van der Waals surface area contributed by atoms with Crippen LogP contribution in [0.5, 0.6) is 11.5 Å². The zero-order valence-electron chi connectivity index (χ0n) is 17.5. The first kappa shape index (κ1) is 23.1. The molecule has 0 aromatic heterocycles. The maximum atomic E-state index is 9.04. The Hall–Kier alpha value is -2.15. The number of ether oxygens (including phenoxy) is 3. The molecule has 2 aromatic rings. The first-order valence-electron chi connectivity index (χ1n) is 9.54. The summed E-state index contributed by atoms with van der Waals surface area (Å²) >= 11 is 5.27. The highest BCUT2D eigenvalue weighted by molar-refractivity contribution is 6.18. The van der Waals surface area contributed by atoms with Crippen LogP contribution in [0.3, 0.4) is 0 Å². The van der Waals surface area contributed by atoms with Crippen LogP contribution in [0.15, 0.2) is 48.5 Å². The summed E-state index contributed by atoms with van der Waals surface area (Å²) in [4.78, 5) is 4.00. The number of phenolic OH excluding ortho intramolecular Hbond substituents is 1. The lowest BCUT2D eigenvalue weighted by Crippen LogP contribution is -2.09. The lowest BCUT2D eigenvalue weighted by Gasteiger charge is -2.13. The van der Waals surface area contributed by atoms with Crippen molar-refractivity contribution in [2.75, 3.05) is 63.7 Å². The molecule has 0 bridgehead atoms. The molecule has 2 fully saturated rings. The van der Waals surface area contributed by atoms with E-state index in [1.165, 1.54) is 0 Å². The van der Waals surface area contributed by atoms with Crippen LogP contribution in [-0.2, 0) is 9.47 Å². The Kier molecular flexibility index (Phi) is 9.38. The Labute approximate surface area is 178 Å². The fourth-order valence-corrected chi connectivity index (χ4v) is 2.31. The normalized spacial score (nSPS) is 18.4. The predicted octanol–water partition coefficient (Wildman–Crippen LogP) is 3.61. The molecule has 2 atom stereocenters. The van der Waals surface area contributed by atoms with E-state index in [1.54, 1.807) is 12.1 Å². The van der Waals surface area contributed by atoms with Gasteiger partial charge in [-0.3, -0.25) is 0 Å². The molecule has 7 heteroatoms. The highest BCUT2D eigenvalue weighted by Gasteiger charge is 2.23. The van der Waals surface area contributed by atoms with Crippen LogP contribution >= 0.6 is 11.6 Å². The average Bonchev–Trinajstić information content (AvgIpc) is 3.62. The minimum Gasteiger partial charge on any atom is -0.508 e. The Bertz CT molecular complexity index is 734. The van der Waals surface area contributed by atoms with Crippen LogP contribution in [0.25, 0.3) is 0 Å². The summed E-state index contributed by atoms with van der Waals surface area (Å²) in [5.41, 5.74) is 2.17. The Morgan fingerprint density at radius 2 is 1.48 bits per heavy atom. The van der Waals surface area contributed by atoms with Crippen LogP contribution in [0.4, 0.5) is 11.4 Å². The Balaban J connectivity index is 0.000000173. The zero-order chi connectivity index (χ0) is 21.2. The second-order valence-corrected chi connectivity index (χ2v) is 7.49. The van der Waals surface area contributed by atoms with E-state index in [9.17, 15) is 0 Å². The number of hydrogen-bond acceptors (Lipinski definition) is 6. The van der Waals surface area contributed by atoms with Crippen LogP contribution in [-0.4, -0.2) is 71.2 Å². The number of phenols is 1. The van der Waals surface area contributed by atoms with Crippen LogP contribution in [0.1, 0.15) is 0 Å². The third-order valence-corrected chi connectivity index (χ3v) is 4.44. The molecule has 160 valence electrons. The molecule has 0 radical (unpaired) electrons. The number of nitrogens with zero attached hydrogens (tertiary/aromatic N) is 2. The van der Waals surface area contributed by atoms with Gasteiger partial charge in [0.05, 0.1) is 25.2 Å². The first-order chi connectivity index (χ1) is 13.9. The van der Waals surface area contributed by atoms with E-state index < -0.39 is 0 Å². The maximum absolute atomic E-state index is 9.04. The number of anilines is 2. The molecule has 2 saturated heterocycles. The van der Waals surface area contributed by atoms with Gasteiger partial charge in [0.2, 0.25) is 0 Å². The van der Waals surface area contributed by atoms with Gasteiger partial charge in [-0.2, -0.15) is 0 Å². The molecule has 2 heterocycles. The predicted molar refractivity (Wildman–Crippen MR) is 119 cm³/mol. The summed E-state index contributed by atoms with van der Waals surface area (Å²) in [5, 5.41) is 9.04. The largest absolute Gasteiger partial charge is 0.508 e. The molecule has 0 amide bonds. The standard InChI is InChI=1S/C11H15NO2.C8H11NO.C3H5ClO/c1-12(2)9-4-3-5-10(6-9)13-7-11-8-14-11;1-9(2)7-4-3-5-8(10)6-7;4-1-3-2-5-3/h3-6,11H,7-8H2,1-2H3;3-6,10H,1-2H3;3H,1-2H2. The van der Waals surface area contributed by atoms with Gasteiger partial charge in [0, 0.05) is 51.7 Å². The molecule has 0 aliphatic carbocycles. The number of halogens is 1. The monoisotopic (exact) mass is 422 g/mol. The molecular formula is C22H31ClN2O4. The van der Waals surface area contributed by atoms with Crippen molar-refractivity contribution in [3.05, 3.63) is 48.5 Å². The van der Waals surface area contributed by atoms with Gasteiger partial charge in [0.15, 0.2) is 0 Å². The molecule has 2 aromatic carbocycles. The van der Waals surface area contributed by atoms with Gasteiger partial charge >= 0.3 is 0 Å². The molecule has 2 aliphatic heterocycles. The number of rotatable bonds is 6. The molecule has 2 unspecified atom stereocenters. The van der Waals surface area contributed by atoms with Crippen molar-refractivity contribution in [1.82, 2.24) is 0 Å². The van der Waals surface area contributed by atoms with Crippen molar-refractivity contribution in [3.8, 4) is 11.5 Å². The molecular weight excluding hydrogens is 392 g/mol. The average molecular weight is 423 g/mol. The molecule has 2 aliphatic rings. The fraction of sp³-hybridized carbons (Fsp3) is 0.455. The first-order valence-corrected chi connectivity index (χ1v) is 10.1. The van der Waals surface area contributed by atoms with Crippen molar-refractivity contribution in [2.45, 2.75) is 12.2 Å². The SMILES string of the molecule is CN(C)c1cccc(O)c1.CN(C)c1cccc(OCC2CO2)c1.ClCC1CO1. The van der Waals surface area contributed by atoms with Gasteiger partial charge in [0.25, 0.3) is 0 Å². The van der Waals surface area contributed by atoms with Crippen molar-refractivity contribution in [1.29, 1.82) is 0 Å². The van der Waals surface area contributed by atoms with Crippen LogP contribution in [0, 0.1) is 0 Å². The molecule has 6 nitrogen and oxygen atoms in total. The van der Waals surface area contributed by atoms with Crippen LogP contribution < -0.4 is 14.5 Å². The van der Waals surface area contributed by atoms with Gasteiger partial charge in [-0.15, -0.1) is 11.6 Å². The lowest BCUT2D eigenvalue weighted by molar-refractivity contribution is 0.263. The zero-order valence-corrected chi connectivity index (χ0v) is 18.3. The van der Waals surface area contributed by atoms with Gasteiger partial charge in [-0.1, -0.05) is 12.1 Å². The molecule has 0 saturated carbocycles. The summed E-state index contributed by atoms with van der Waals surface area (Å²) in [6, 6.07) is 15.2. The second-order valence-electron chi connectivity index (χ2n) is 7.18. The van der Waals surface area contributed by atoms with E-state index in [1.807, 2.05) is 63.4 Å². The third-order valence-electron chi connectivity index (χ3n) is 4.09. The number of benzene rings is 2. The van der Waals surface area contributed by atoms with Crippen molar-refractivity contribution in [2.24, 2.45) is 0 Å². The Morgan fingerprint density at radius 1 is 0.931 bits per heavy atom. The van der Waals surface area contributed by atoms with E-state index in [0.29, 0.717) is 30.4 Å². The smallest absolute Gasteiger partial charge is 0.121 e. The molecule has 29 heavy (non-hydrogen) atoms. The molecule has 4 rings (SSSR count). The van der Waals surface area contributed by atoms with Gasteiger partial charge in [0.1, 0.15) is 24.2 Å². The summed E-state index contributed by atoms with van der Waals surface area (Å²) < 4.78 is 15.4. The highest BCUT2D eigenvalue weighted by Crippen LogP contribution is 2.21. The van der Waals surface area contributed by atoms with Crippen molar-refractivity contribution < 1.29 is 19.3 Å². The summed E-state index contributed by atoms with van der Waals surface area (Å²) in [5.74, 6) is 1.89. The van der Waals surface area contributed by atoms with Crippen molar-refractivity contribution in [3.63, 3.8) is 0 Å². The minimum atomic E-state index is 0.311. The Morgan fingerprint density at radius 3 is 1.90 bits per heavy atom. The maximum Gasteiger partial charge on any atom is 0.121 e. The van der Waals surface area contributed by atoms with E-state index in [4.69, 9.17) is 30.9 Å². The van der Waals surface area contributed by atoms with Crippen molar-refractivity contribution >= 4 is 23.0 Å². The van der Waals surface area contributed by atoms with Gasteiger partial charge in [-0.05, 0) is 24.3 Å². The number of hydrogen-bond donors (Lipinski definition) is 1. The molecule has 1 N–H and O–H groups in total. The minimum absolute atomic E-state index is 0.311. The number of epoxide rings is 2. The summed E-state index contributed by atoms with van der Waals surface area (Å²) in [6.07, 6.45) is 0.717. The summed E-state index contributed by atoms with van der Waals surface area (Å²) in [7, 11) is 7.91. The quantitative estimate of drug-likeness (QED) is 0.566. The van der Waals surface area contributed by atoms with E-state index in [0.717, 1.165) is 30.3 Å². The number of alkyl halides is 1. The van der Waals surface area contributed by atoms with Gasteiger partial charge in [-0.25, -0.2) is 0 Å². The topological polar surface area (TPSA) is 61.0 Å². The highest BCUT2D eigenvalue weighted by atomic mass is 35.5. The number of aromatic hydroxyl groups is 1. The van der Waals surface area contributed by atoms with Gasteiger partial charge < -0.3 is 29.1 Å². The van der Waals surface area contributed by atoms with Crippen LogP contribution in [0.2, 0.25) is 0 Å². The van der Waals surface area contributed by atoms with E-state index in [-0.39, 0.29) is 0 Å². The summed E-state index contributed by atoms with van der Waals surface area (Å²) in [6.45, 7) is 2.38. The third kappa shape index (κ3) is 9.74. The second kappa shape index (κ2) is 11.8. The van der Waals surface area contributed by atoms with E-state index >= 15 is 0 Å². The van der Waals surface area contributed by atoms with E-state index in [2.05, 4.69) is 11.0 Å². The molecule has 0 spiro atoms.